The van der Waals surface area contributed by atoms with E-state index in [0.717, 1.165) is 11.3 Å². The Balaban J connectivity index is 2.00. The first-order chi connectivity index (χ1) is 13.4. The molecule has 1 aliphatic heterocycles. The number of hydrogen-bond donors (Lipinski definition) is 2. The topological polar surface area (TPSA) is 111 Å². The molecule has 144 valence electrons. The molecule has 2 heterocycles. The van der Waals surface area contributed by atoms with Crippen molar-refractivity contribution in [2.24, 2.45) is 0 Å². The molecule has 2 aromatic rings. The number of rotatable bonds is 4. The molecule has 0 aliphatic carbocycles. The van der Waals surface area contributed by atoms with Gasteiger partial charge in [-0.25, -0.2) is 9.97 Å². The Kier molecular flexibility index (Phi) is 5.54. The Morgan fingerprint density at radius 1 is 1.32 bits per heavy atom. The van der Waals surface area contributed by atoms with Crippen molar-refractivity contribution < 1.29 is 9.59 Å². The van der Waals surface area contributed by atoms with Crippen LogP contribution in [0.5, 0.6) is 0 Å². The Morgan fingerprint density at radius 2 is 2.11 bits per heavy atom. The first kappa shape index (κ1) is 19.3. The summed E-state index contributed by atoms with van der Waals surface area (Å²) >= 11 is 0. The Labute approximate surface area is 163 Å². The molecule has 0 fully saturated rings. The highest BCUT2D eigenvalue weighted by Crippen LogP contribution is 2.39. The molecule has 2 N–H and O–H groups in total. The molecule has 0 saturated carbocycles. The first-order valence-electron chi connectivity index (χ1n) is 9.15. The zero-order valence-corrected chi connectivity index (χ0v) is 16.1. The number of benzene rings is 1. The van der Waals surface area contributed by atoms with E-state index in [2.05, 4.69) is 20.6 Å². The van der Waals surface area contributed by atoms with Crippen LogP contribution in [-0.4, -0.2) is 34.4 Å². The van der Waals surface area contributed by atoms with E-state index in [4.69, 9.17) is 5.26 Å². The number of amides is 2. The maximum atomic E-state index is 12.3. The second kappa shape index (κ2) is 8.05. The average molecular weight is 378 g/mol. The monoisotopic (exact) mass is 378 g/mol. The van der Waals surface area contributed by atoms with Crippen LogP contribution in [0, 0.1) is 11.3 Å². The van der Waals surface area contributed by atoms with E-state index in [-0.39, 0.29) is 29.6 Å². The molecule has 1 aromatic heterocycles. The van der Waals surface area contributed by atoms with Crippen LogP contribution < -0.4 is 15.5 Å². The Morgan fingerprint density at radius 3 is 2.71 bits per heavy atom. The van der Waals surface area contributed by atoms with Crippen molar-refractivity contribution in [3.63, 3.8) is 0 Å². The van der Waals surface area contributed by atoms with Gasteiger partial charge in [-0.1, -0.05) is 0 Å². The van der Waals surface area contributed by atoms with Gasteiger partial charge in [0.05, 0.1) is 18.4 Å². The number of nitrogens with one attached hydrogen (secondary N) is 2. The van der Waals surface area contributed by atoms with Gasteiger partial charge < -0.3 is 15.5 Å². The summed E-state index contributed by atoms with van der Waals surface area (Å²) < 4.78 is 0. The molecule has 0 bridgehead atoms. The maximum absolute atomic E-state index is 12.3. The van der Waals surface area contributed by atoms with E-state index < -0.39 is 0 Å². The molecule has 0 spiro atoms. The van der Waals surface area contributed by atoms with Crippen LogP contribution in [0.15, 0.2) is 30.6 Å². The Hall–Kier alpha value is -3.47. The summed E-state index contributed by atoms with van der Waals surface area (Å²) in [4.78, 5) is 34.5. The zero-order valence-electron chi connectivity index (χ0n) is 16.1. The molecule has 0 saturated heterocycles. The summed E-state index contributed by atoms with van der Waals surface area (Å²) in [6.07, 6.45) is 3.56. The minimum atomic E-state index is -0.157. The maximum Gasteiger partial charge on any atom is 0.251 e. The highest BCUT2D eigenvalue weighted by Gasteiger charge is 2.33. The lowest BCUT2D eigenvalue weighted by Gasteiger charge is -2.39. The average Bonchev–Trinajstić information content (AvgIpc) is 2.68. The van der Waals surface area contributed by atoms with Gasteiger partial charge in [-0.2, -0.15) is 5.26 Å². The van der Waals surface area contributed by atoms with Crippen LogP contribution in [0.25, 0.3) is 0 Å². The molecular formula is C20H22N6O2. The molecular weight excluding hydrogens is 356 g/mol. The predicted molar refractivity (Wildman–Crippen MR) is 105 cm³/mol. The standard InChI is InChI=1S/C20H22N6O2/c1-4-22-20(28)14-5-6-18-16(8-14)17(7-12(2)26(18)13(3)27)25-19-11-23-15(9-21)10-24-19/h5-6,8,10-12,17H,4,7H2,1-3H3,(H,22,28)(H,24,25)/t12-,17+/m0/s1. The summed E-state index contributed by atoms with van der Waals surface area (Å²) in [5.74, 6) is 0.327. The molecule has 1 aromatic carbocycles. The van der Waals surface area contributed by atoms with Gasteiger partial charge in [0.2, 0.25) is 5.91 Å². The third kappa shape index (κ3) is 3.78. The number of carbonyl (C=O) groups excluding carboxylic acids is 2. The van der Waals surface area contributed by atoms with E-state index in [9.17, 15) is 9.59 Å². The van der Waals surface area contributed by atoms with Crippen molar-refractivity contribution in [1.29, 1.82) is 5.26 Å². The van der Waals surface area contributed by atoms with Crippen molar-refractivity contribution >= 4 is 23.3 Å². The zero-order chi connectivity index (χ0) is 20.3. The number of fused-ring (bicyclic) bond motifs is 1. The van der Waals surface area contributed by atoms with Crippen LogP contribution in [0.3, 0.4) is 0 Å². The van der Waals surface area contributed by atoms with E-state index in [1.165, 1.54) is 19.3 Å². The predicted octanol–water partition coefficient (Wildman–Crippen LogP) is 2.40. The highest BCUT2D eigenvalue weighted by atomic mass is 16.2. The second-order valence-electron chi connectivity index (χ2n) is 6.70. The van der Waals surface area contributed by atoms with Crippen molar-refractivity contribution in [1.82, 2.24) is 15.3 Å². The second-order valence-corrected chi connectivity index (χ2v) is 6.70. The lowest BCUT2D eigenvalue weighted by molar-refractivity contribution is -0.117. The molecule has 3 rings (SSSR count). The van der Waals surface area contributed by atoms with Crippen LogP contribution in [-0.2, 0) is 4.79 Å². The number of hydrogen-bond acceptors (Lipinski definition) is 6. The van der Waals surface area contributed by atoms with Crippen molar-refractivity contribution in [2.75, 3.05) is 16.8 Å². The fourth-order valence-corrected chi connectivity index (χ4v) is 3.52. The number of nitrogens with zero attached hydrogens (tertiary/aromatic N) is 4. The lowest BCUT2D eigenvalue weighted by atomic mass is 9.90. The minimum absolute atomic E-state index is 0.0239. The smallest absolute Gasteiger partial charge is 0.251 e. The number of nitriles is 1. The van der Waals surface area contributed by atoms with Gasteiger partial charge in [-0.15, -0.1) is 0 Å². The number of anilines is 2. The van der Waals surface area contributed by atoms with Crippen LogP contribution >= 0.6 is 0 Å². The quantitative estimate of drug-likeness (QED) is 0.845. The molecule has 0 unspecified atom stereocenters. The van der Waals surface area contributed by atoms with E-state index in [1.54, 1.807) is 11.0 Å². The number of carbonyl (C=O) groups is 2. The minimum Gasteiger partial charge on any atom is -0.362 e. The SMILES string of the molecule is CCNC(=O)c1ccc2c(c1)[C@H](Nc1cnc(C#N)cn1)C[C@H](C)N2C(C)=O. The number of aromatic nitrogens is 2. The highest BCUT2D eigenvalue weighted by molar-refractivity contribution is 5.97. The van der Waals surface area contributed by atoms with Gasteiger partial charge in [0.1, 0.15) is 11.9 Å². The molecule has 1 aliphatic rings. The fourth-order valence-electron chi connectivity index (χ4n) is 3.52. The molecule has 2 atom stereocenters. The summed E-state index contributed by atoms with van der Waals surface area (Å²) in [7, 11) is 0. The first-order valence-corrected chi connectivity index (χ1v) is 9.15. The molecule has 0 radical (unpaired) electrons. The molecule has 8 heteroatoms. The molecule has 28 heavy (non-hydrogen) atoms. The molecule has 2 amide bonds. The van der Waals surface area contributed by atoms with Crippen molar-refractivity contribution in [3.8, 4) is 6.07 Å². The molecule has 8 nitrogen and oxygen atoms in total. The summed E-state index contributed by atoms with van der Waals surface area (Å²) in [6, 6.07) is 7.13. The van der Waals surface area contributed by atoms with Gasteiger partial charge in [-0.05, 0) is 44.0 Å². The van der Waals surface area contributed by atoms with Crippen LogP contribution in [0.4, 0.5) is 11.5 Å². The van der Waals surface area contributed by atoms with E-state index >= 15 is 0 Å². The third-order valence-electron chi connectivity index (χ3n) is 4.71. The van der Waals surface area contributed by atoms with E-state index in [0.29, 0.717) is 24.3 Å². The lowest BCUT2D eigenvalue weighted by Crippen LogP contribution is -2.43. The van der Waals surface area contributed by atoms with Crippen LogP contribution in [0.1, 0.15) is 54.8 Å². The van der Waals surface area contributed by atoms with Crippen molar-refractivity contribution in [2.45, 2.75) is 39.3 Å². The normalized spacial score (nSPS) is 18.0. The van der Waals surface area contributed by atoms with Crippen molar-refractivity contribution in [3.05, 3.63) is 47.4 Å². The van der Waals surface area contributed by atoms with Gasteiger partial charge in [-0.3, -0.25) is 9.59 Å². The third-order valence-corrected chi connectivity index (χ3v) is 4.71. The van der Waals surface area contributed by atoms with E-state index in [1.807, 2.05) is 32.0 Å². The summed E-state index contributed by atoms with van der Waals surface area (Å²) in [5, 5.41) is 15.0. The summed E-state index contributed by atoms with van der Waals surface area (Å²) in [6.45, 7) is 5.93. The van der Waals surface area contributed by atoms with Gasteiger partial charge >= 0.3 is 0 Å². The largest absolute Gasteiger partial charge is 0.362 e. The fraction of sp³-hybridized carbons (Fsp3) is 0.350. The van der Waals surface area contributed by atoms with Crippen LogP contribution in [0.2, 0.25) is 0 Å². The Bertz CT molecular complexity index is 935. The van der Waals surface area contributed by atoms with Gasteiger partial charge in [0.15, 0.2) is 5.69 Å². The van der Waals surface area contributed by atoms with Gasteiger partial charge in [0, 0.05) is 30.8 Å². The van der Waals surface area contributed by atoms with Gasteiger partial charge in [0.25, 0.3) is 5.91 Å². The summed E-state index contributed by atoms with van der Waals surface area (Å²) in [5.41, 5.74) is 2.40.